The third-order valence-electron chi connectivity index (χ3n) is 5.10. The predicted octanol–water partition coefficient (Wildman–Crippen LogP) is 2.80. The Bertz CT molecular complexity index is 529. The molecule has 2 amide bonds. The van der Waals surface area contributed by atoms with Crippen molar-refractivity contribution in [2.45, 2.75) is 52.3 Å². The molecular formula is C15H25N3O2S. The first-order valence-corrected chi connectivity index (χ1v) is 8.00. The van der Waals surface area contributed by atoms with Gasteiger partial charge >= 0.3 is 6.03 Å². The highest BCUT2D eigenvalue weighted by Gasteiger charge is 2.59. The third kappa shape index (κ3) is 2.79. The maximum absolute atomic E-state index is 12.3. The third-order valence-corrected chi connectivity index (χ3v) is 6.01. The van der Waals surface area contributed by atoms with Gasteiger partial charge in [0.05, 0.1) is 17.2 Å². The highest BCUT2D eigenvalue weighted by Crippen LogP contribution is 2.53. The number of ether oxygens (including phenoxy) is 1. The van der Waals surface area contributed by atoms with Crippen molar-refractivity contribution in [1.82, 2.24) is 15.2 Å². The van der Waals surface area contributed by atoms with Gasteiger partial charge in [0.2, 0.25) is 0 Å². The molecule has 1 fully saturated rings. The number of thiazole rings is 1. The summed E-state index contributed by atoms with van der Waals surface area (Å²) in [7, 11) is 3.60. The first-order valence-electron chi connectivity index (χ1n) is 7.18. The second kappa shape index (κ2) is 5.57. The summed E-state index contributed by atoms with van der Waals surface area (Å²) >= 11 is 1.61. The van der Waals surface area contributed by atoms with E-state index in [-0.39, 0.29) is 23.1 Å². The summed E-state index contributed by atoms with van der Waals surface area (Å²) in [4.78, 5) is 19.4. The quantitative estimate of drug-likeness (QED) is 0.930. The lowest BCUT2D eigenvalue weighted by molar-refractivity contribution is -0.198. The lowest BCUT2D eigenvalue weighted by Gasteiger charge is -2.61. The molecule has 1 heterocycles. The topological polar surface area (TPSA) is 54.5 Å². The van der Waals surface area contributed by atoms with Crippen molar-refractivity contribution in [3.05, 3.63) is 16.1 Å². The molecule has 5 nitrogen and oxygen atoms in total. The van der Waals surface area contributed by atoms with Crippen LogP contribution in [0.1, 0.15) is 37.1 Å². The van der Waals surface area contributed by atoms with Gasteiger partial charge in [0, 0.05) is 36.7 Å². The maximum atomic E-state index is 12.3. The number of carbonyl (C=O) groups is 1. The van der Waals surface area contributed by atoms with Gasteiger partial charge in [0.1, 0.15) is 0 Å². The van der Waals surface area contributed by atoms with E-state index in [1.54, 1.807) is 23.3 Å². The average Bonchev–Trinajstić information content (AvgIpc) is 2.86. The molecule has 0 unspecified atom stereocenters. The first kappa shape index (κ1) is 16.2. The number of carbonyl (C=O) groups excluding carboxylic acids is 1. The van der Waals surface area contributed by atoms with Crippen LogP contribution >= 0.6 is 11.3 Å². The van der Waals surface area contributed by atoms with Crippen LogP contribution in [0.4, 0.5) is 4.79 Å². The van der Waals surface area contributed by atoms with Gasteiger partial charge in [-0.1, -0.05) is 13.8 Å². The van der Waals surface area contributed by atoms with Crippen LogP contribution in [0, 0.1) is 12.3 Å². The van der Waals surface area contributed by atoms with E-state index in [1.165, 1.54) is 0 Å². The monoisotopic (exact) mass is 311 g/mol. The number of rotatable bonds is 4. The number of hydrogen-bond acceptors (Lipinski definition) is 4. The van der Waals surface area contributed by atoms with Gasteiger partial charge in [-0.3, -0.25) is 0 Å². The van der Waals surface area contributed by atoms with Crippen LogP contribution in [0.25, 0.3) is 0 Å². The molecule has 2 atom stereocenters. The molecule has 21 heavy (non-hydrogen) atoms. The molecule has 1 aromatic rings. The Labute approximate surface area is 130 Å². The average molecular weight is 311 g/mol. The van der Waals surface area contributed by atoms with Gasteiger partial charge in [-0.05, 0) is 20.3 Å². The standard InChI is InChI=1S/C15H25N3O2S/c1-10-16-8-11(21-10)9-17-13(19)18(5)12-7-15(4,20-6)14(12,2)3/h8,12H,7,9H2,1-6H3,(H,17,19)/t12-,15-/m1/s1. The molecule has 0 spiro atoms. The zero-order valence-electron chi connectivity index (χ0n) is 13.7. The number of aromatic nitrogens is 1. The fourth-order valence-electron chi connectivity index (χ4n) is 2.99. The smallest absolute Gasteiger partial charge is 0.317 e. The van der Waals surface area contributed by atoms with Crippen LogP contribution in [0.5, 0.6) is 0 Å². The number of urea groups is 1. The van der Waals surface area contributed by atoms with Crippen LogP contribution in [0.3, 0.4) is 0 Å². The fourth-order valence-corrected chi connectivity index (χ4v) is 3.73. The van der Waals surface area contributed by atoms with Crippen molar-refractivity contribution in [2.24, 2.45) is 5.41 Å². The maximum Gasteiger partial charge on any atom is 0.317 e. The van der Waals surface area contributed by atoms with Crippen molar-refractivity contribution in [1.29, 1.82) is 0 Å². The number of nitrogens with one attached hydrogen (secondary N) is 1. The molecular weight excluding hydrogens is 286 g/mol. The molecule has 118 valence electrons. The molecule has 0 aromatic carbocycles. The molecule has 0 aliphatic heterocycles. The summed E-state index contributed by atoms with van der Waals surface area (Å²) in [5.74, 6) is 0. The Morgan fingerprint density at radius 1 is 1.57 bits per heavy atom. The minimum atomic E-state index is -0.166. The summed E-state index contributed by atoms with van der Waals surface area (Å²) in [6.07, 6.45) is 2.68. The minimum Gasteiger partial charge on any atom is -0.378 e. The van der Waals surface area contributed by atoms with Crippen LogP contribution in [-0.2, 0) is 11.3 Å². The van der Waals surface area contributed by atoms with E-state index in [9.17, 15) is 4.79 Å². The van der Waals surface area contributed by atoms with E-state index < -0.39 is 0 Å². The van der Waals surface area contributed by atoms with E-state index in [2.05, 4.69) is 31.1 Å². The number of amides is 2. The van der Waals surface area contributed by atoms with Crippen molar-refractivity contribution < 1.29 is 9.53 Å². The summed E-state index contributed by atoms with van der Waals surface area (Å²) in [6.45, 7) is 8.91. The lowest BCUT2D eigenvalue weighted by Crippen LogP contribution is -2.69. The van der Waals surface area contributed by atoms with Gasteiger partial charge in [0.25, 0.3) is 0 Å². The van der Waals surface area contributed by atoms with E-state index in [0.717, 1.165) is 16.3 Å². The number of hydrogen-bond donors (Lipinski definition) is 1. The van der Waals surface area contributed by atoms with Crippen LogP contribution in [0.15, 0.2) is 6.20 Å². The second-order valence-corrected chi connectivity index (χ2v) is 7.81. The molecule has 0 radical (unpaired) electrons. The zero-order chi connectivity index (χ0) is 15.8. The zero-order valence-corrected chi connectivity index (χ0v) is 14.5. The Balaban J connectivity index is 1.92. The van der Waals surface area contributed by atoms with Crippen molar-refractivity contribution >= 4 is 17.4 Å². The van der Waals surface area contributed by atoms with Crippen molar-refractivity contribution in [2.75, 3.05) is 14.2 Å². The Morgan fingerprint density at radius 2 is 2.24 bits per heavy atom. The van der Waals surface area contributed by atoms with E-state index in [1.807, 2.05) is 20.2 Å². The lowest BCUT2D eigenvalue weighted by atomic mass is 9.55. The molecule has 1 aromatic heterocycles. The van der Waals surface area contributed by atoms with Gasteiger partial charge < -0.3 is 15.0 Å². The fraction of sp³-hybridized carbons (Fsp3) is 0.733. The minimum absolute atomic E-state index is 0.0442. The number of aryl methyl sites for hydroxylation is 1. The van der Waals surface area contributed by atoms with Crippen LogP contribution in [-0.4, -0.2) is 41.7 Å². The van der Waals surface area contributed by atoms with E-state index in [4.69, 9.17) is 4.74 Å². The van der Waals surface area contributed by atoms with Crippen molar-refractivity contribution in [3.8, 4) is 0 Å². The summed E-state index contributed by atoms with van der Waals surface area (Å²) in [5, 5.41) is 3.98. The Hall–Kier alpha value is -1.14. The molecule has 1 aliphatic rings. The van der Waals surface area contributed by atoms with E-state index in [0.29, 0.717) is 6.54 Å². The van der Waals surface area contributed by atoms with Gasteiger partial charge in [-0.2, -0.15) is 0 Å². The van der Waals surface area contributed by atoms with Gasteiger partial charge in [-0.25, -0.2) is 9.78 Å². The molecule has 1 N–H and O–H groups in total. The van der Waals surface area contributed by atoms with Crippen LogP contribution in [0.2, 0.25) is 0 Å². The van der Waals surface area contributed by atoms with Gasteiger partial charge in [-0.15, -0.1) is 11.3 Å². The summed E-state index contributed by atoms with van der Waals surface area (Å²) in [6, 6.07) is 0.142. The van der Waals surface area contributed by atoms with E-state index >= 15 is 0 Å². The highest BCUT2D eigenvalue weighted by molar-refractivity contribution is 7.11. The Kier molecular flexibility index (Phi) is 4.31. The second-order valence-electron chi connectivity index (χ2n) is 6.49. The predicted molar refractivity (Wildman–Crippen MR) is 84.4 cm³/mol. The number of nitrogens with zero attached hydrogens (tertiary/aromatic N) is 2. The molecule has 0 saturated heterocycles. The normalized spacial score (nSPS) is 27.0. The molecule has 6 heteroatoms. The molecule has 2 rings (SSSR count). The Morgan fingerprint density at radius 3 is 2.71 bits per heavy atom. The summed E-state index contributed by atoms with van der Waals surface area (Å²) in [5.41, 5.74) is -0.226. The highest BCUT2D eigenvalue weighted by atomic mass is 32.1. The largest absolute Gasteiger partial charge is 0.378 e. The molecule has 0 bridgehead atoms. The molecule has 1 saturated carbocycles. The SMILES string of the molecule is CO[C@]1(C)C[C@@H](N(C)C(=O)NCc2cnc(C)s2)C1(C)C. The van der Waals surface area contributed by atoms with Gasteiger partial charge in [0.15, 0.2) is 0 Å². The molecule has 1 aliphatic carbocycles. The van der Waals surface area contributed by atoms with Crippen molar-refractivity contribution in [3.63, 3.8) is 0 Å². The summed E-state index contributed by atoms with van der Waals surface area (Å²) < 4.78 is 5.62. The number of methoxy groups -OCH3 is 1. The first-order chi connectivity index (χ1) is 9.71. The van der Waals surface area contributed by atoms with Crippen LogP contribution < -0.4 is 5.32 Å².